The lowest BCUT2D eigenvalue weighted by atomic mass is 9.55. The highest BCUT2D eigenvalue weighted by Gasteiger charge is 2.65. The zero-order chi connectivity index (χ0) is 17.2. The number of nitrogens with zero attached hydrogens (tertiary/aromatic N) is 1. The van der Waals surface area contributed by atoms with Crippen LogP contribution in [0.2, 0.25) is 0 Å². The first-order valence-corrected chi connectivity index (χ1v) is 9.26. The molecule has 0 radical (unpaired) electrons. The molecule has 1 N–H and O–H groups in total. The third-order valence-corrected chi connectivity index (χ3v) is 6.97. The minimum Gasteiger partial charge on any atom is -0.466 e. The van der Waals surface area contributed by atoms with Gasteiger partial charge in [0.05, 0.1) is 18.1 Å². The van der Waals surface area contributed by atoms with E-state index in [2.05, 4.69) is 53.6 Å². The van der Waals surface area contributed by atoms with Gasteiger partial charge in [-0.3, -0.25) is 4.90 Å². The van der Waals surface area contributed by atoms with E-state index < -0.39 is 0 Å². The fourth-order valence-corrected chi connectivity index (χ4v) is 6.02. The Balaban J connectivity index is 0.00000168. The smallest absolute Gasteiger partial charge is 0.335 e. The van der Waals surface area contributed by atoms with Crippen molar-refractivity contribution in [1.29, 1.82) is 0 Å². The molecule has 1 aliphatic carbocycles. The van der Waals surface area contributed by atoms with Gasteiger partial charge in [-0.2, -0.15) is 0 Å². The lowest BCUT2D eigenvalue weighted by Gasteiger charge is -2.53. The summed E-state index contributed by atoms with van der Waals surface area (Å²) < 4.78 is 5.19. The first kappa shape index (κ1) is 17.6. The van der Waals surface area contributed by atoms with E-state index in [1.165, 1.54) is 12.7 Å². The molecule has 3 heterocycles. The van der Waals surface area contributed by atoms with Crippen molar-refractivity contribution in [3.63, 3.8) is 0 Å². The van der Waals surface area contributed by atoms with Gasteiger partial charge in [-0.15, -0.1) is 12.4 Å². The Labute approximate surface area is 160 Å². The molecule has 0 aromatic heterocycles. The van der Waals surface area contributed by atoms with Crippen LogP contribution in [0.25, 0.3) is 0 Å². The summed E-state index contributed by atoms with van der Waals surface area (Å²) in [5.41, 5.74) is 4.34. The van der Waals surface area contributed by atoms with Gasteiger partial charge in [-0.25, -0.2) is 4.79 Å². The number of carbonyl (C=O) groups is 1. The number of hydrogen-bond acceptors (Lipinski definition) is 4. The number of benzene rings is 1. The Morgan fingerprint density at radius 3 is 2.96 bits per heavy atom. The Morgan fingerprint density at radius 1 is 1.38 bits per heavy atom. The zero-order valence-electron chi connectivity index (χ0n) is 15.2. The molecule has 3 atom stereocenters. The average Bonchev–Trinajstić information content (AvgIpc) is 3.21. The number of ether oxygens (including phenoxy) is 1. The summed E-state index contributed by atoms with van der Waals surface area (Å²) in [4.78, 5) is 15.3. The number of nitrogens with one attached hydrogen (secondary N) is 1. The van der Waals surface area contributed by atoms with Crippen LogP contribution >= 0.6 is 12.4 Å². The predicted molar refractivity (Wildman–Crippen MR) is 104 cm³/mol. The number of rotatable bonds is 2. The Bertz CT molecular complexity index is 833. The van der Waals surface area contributed by atoms with E-state index in [1.54, 1.807) is 0 Å². The number of methoxy groups -OCH3 is 1. The van der Waals surface area contributed by atoms with E-state index in [-0.39, 0.29) is 29.2 Å². The number of carbonyl (C=O) groups excluding carboxylic acids is 1. The van der Waals surface area contributed by atoms with Gasteiger partial charge in [0.25, 0.3) is 0 Å². The molecule has 5 heteroatoms. The second-order valence-corrected chi connectivity index (χ2v) is 7.80. The van der Waals surface area contributed by atoms with E-state index in [4.69, 9.17) is 4.74 Å². The van der Waals surface area contributed by atoms with Crippen molar-refractivity contribution < 1.29 is 9.53 Å². The lowest BCUT2D eigenvalue weighted by Crippen LogP contribution is -2.58. The van der Waals surface area contributed by atoms with Crippen LogP contribution in [-0.2, 0) is 14.9 Å². The molecule has 3 unspecified atom stereocenters. The maximum absolute atomic E-state index is 12.7. The Kier molecular flexibility index (Phi) is 3.97. The van der Waals surface area contributed by atoms with Crippen molar-refractivity contribution in [2.75, 3.05) is 25.5 Å². The number of halogens is 1. The Morgan fingerprint density at radius 2 is 2.19 bits per heavy atom. The predicted octanol–water partition coefficient (Wildman–Crippen LogP) is 3.64. The summed E-state index contributed by atoms with van der Waals surface area (Å²) in [5.74, 6) is -0.182. The van der Waals surface area contributed by atoms with E-state index in [9.17, 15) is 4.79 Å². The highest BCUT2D eigenvalue weighted by Crippen LogP contribution is 2.64. The van der Waals surface area contributed by atoms with Crippen molar-refractivity contribution in [3.8, 4) is 0 Å². The van der Waals surface area contributed by atoms with E-state index >= 15 is 0 Å². The normalized spacial score (nSPS) is 33.7. The maximum Gasteiger partial charge on any atom is 0.335 e. The molecule has 1 saturated heterocycles. The lowest BCUT2D eigenvalue weighted by molar-refractivity contribution is -0.137. The van der Waals surface area contributed by atoms with Crippen LogP contribution in [0.5, 0.6) is 0 Å². The summed E-state index contributed by atoms with van der Waals surface area (Å²) >= 11 is 0. The molecule has 0 bridgehead atoms. The largest absolute Gasteiger partial charge is 0.466 e. The molecule has 4 aliphatic rings. The average molecular weight is 373 g/mol. The van der Waals surface area contributed by atoms with Crippen LogP contribution < -0.4 is 5.32 Å². The highest BCUT2D eigenvalue weighted by molar-refractivity contribution is 5.93. The maximum atomic E-state index is 12.7. The molecule has 26 heavy (non-hydrogen) atoms. The van der Waals surface area contributed by atoms with Gasteiger partial charge in [0.15, 0.2) is 0 Å². The second-order valence-electron chi connectivity index (χ2n) is 7.80. The molecule has 1 aromatic carbocycles. The number of anilines is 1. The van der Waals surface area contributed by atoms with Gasteiger partial charge in [0.1, 0.15) is 0 Å². The summed E-state index contributed by atoms with van der Waals surface area (Å²) in [6.45, 7) is 4.34. The third kappa shape index (κ3) is 1.92. The quantitative estimate of drug-likeness (QED) is 0.635. The molecule has 0 amide bonds. The molecule has 138 valence electrons. The fraction of sp³-hybridized carbons (Fsp3) is 0.476. The SMILES string of the molecule is CCC12C=CCN3CCC4(C(=C(C(=O)OC)C1)Nc1ccccc14)C32.Cl. The van der Waals surface area contributed by atoms with Crippen LogP contribution in [0.15, 0.2) is 47.7 Å². The number of fused-ring (bicyclic) bond motifs is 1. The van der Waals surface area contributed by atoms with Crippen molar-refractivity contribution >= 4 is 24.1 Å². The van der Waals surface area contributed by atoms with Crippen molar-refractivity contribution in [2.45, 2.75) is 37.6 Å². The van der Waals surface area contributed by atoms with E-state index in [0.717, 1.165) is 49.3 Å². The zero-order valence-corrected chi connectivity index (χ0v) is 16.1. The van der Waals surface area contributed by atoms with Gasteiger partial charge in [-0.1, -0.05) is 37.3 Å². The first-order chi connectivity index (χ1) is 12.2. The molecule has 3 aliphatic heterocycles. The number of hydrogen-bond donors (Lipinski definition) is 1. The van der Waals surface area contributed by atoms with Crippen molar-refractivity contribution in [3.05, 3.63) is 53.3 Å². The monoisotopic (exact) mass is 372 g/mol. The fourth-order valence-electron chi connectivity index (χ4n) is 6.02. The number of para-hydroxylation sites is 1. The minimum absolute atomic E-state index is 0. The highest BCUT2D eigenvalue weighted by atomic mass is 35.5. The van der Waals surface area contributed by atoms with Crippen LogP contribution in [0.3, 0.4) is 0 Å². The van der Waals surface area contributed by atoms with E-state index in [1.807, 2.05) is 0 Å². The molecule has 0 saturated carbocycles. The third-order valence-electron chi connectivity index (χ3n) is 6.97. The van der Waals surface area contributed by atoms with Crippen LogP contribution in [-0.4, -0.2) is 37.1 Å². The standard InChI is InChI=1S/C21H24N2O2.ClH/c1-3-20-9-6-11-23-12-10-21(19(20)23)15-7-4-5-8-16(15)22-17(21)14(13-20)18(24)25-2;/h4-9,19,22H,3,10-13H2,1-2H3;1H. The first-order valence-electron chi connectivity index (χ1n) is 9.26. The van der Waals surface area contributed by atoms with Gasteiger partial charge in [-0.05, 0) is 30.9 Å². The summed E-state index contributed by atoms with van der Waals surface area (Å²) in [7, 11) is 1.49. The van der Waals surface area contributed by atoms with Gasteiger partial charge >= 0.3 is 5.97 Å². The summed E-state index contributed by atoms with van der Waals surface area (Å²) in [5, 5.41) is 3.62. The molecule has 1 fully saturated rings. The second kappa shape index (κ2) is 5.86. The van der Waals surface area contributed by atoms with Crippen LogP contribution in [0.1, 0.15) is 31.7 Å². The molecular formula is C21H25ClN2O2. The molecule has 4 nitrogen and oxygen atoms in total. The Hall–Kier alpha value is -1.78. The molecular weight excluding hydrogens is 348 g/mol. The van der Waals surface area contributed by atoms with Crippen LogP contribution in [0.4, 0.5) is 5.69 Å². The topological polar surface area (TPSA) is 41.6 Å². The van der Waals surface area contributed by atoms with E-state index in [0.29, 0.717) is 6.04 Å². The number of esters is 1. The van der Waals surface area contributed by atoms with Gasteiger partial charge < -0.3 is 10.1 Å². The van der Waals surface area contributed by atoms with Gasteiger partial charge in [0.2, 0.25) is 0 Å². The molecule has 1 aromatic rings. The van der Waals surface area contributed by atoms with Crippen LogP contribution in [0, 0.1) is 5.41 Å². The molecule has 5 rings (SSSR count). The van der Waals surface area contributed by atoms with Crippen molar-refractivity contribution in [2.24, 2.45) is 5.41 Å². The summed E-state index contributed by atoms with van der Waals surface area (Å²) in [6, 6.07) is 8.99. The van der Waals surface area contributed by atoms with Gasteiger partial charge in [0, 0.05) is 35.9 Å². The van der Waals surface area contributed by atoms with Crippen molar-refractivity contribution in [1.82, 2.24) is 4.90 Å². The summed E-state index contributed by atoms with van der Waals surface area (Å²) in [6.07, 6.45) is 7.53. The molecule has 1 spiro atoms. The minimum atomic E-state index is -0.182.